The molecule has 0 radical (unpaired) electrons. The van der Waals surface area contributed by atoms with Gasteiger partial charge >= 0.3 is 0 Å². The summed E-state index contributed by atoms with van der Waals surface area (Å²) in [6.07, 6.45) is 17.5. The Morgan fingerprint density at radius 2 is 1.76 bits per heavy atom. The first-order valence-corrected chi connectivity index (χ1v) is 15.1. The van der Waals surface area contributed by atoms with Gasteiger partial charge in [0.15, 0.2) is 0 Å². The van der Waals surface area contributed by atoms with E-state index >= 15 is 0 Å². The first-order chi connectivity index (χ1) is 17.9. The van der Waals surface area contributed by atoms with Crippen LogP contribution in [0.4, 0.5) is 10.8 Å². The first kappa shape index (κ1) is 31.1. The van der Waals surface area contributed by atoms with Crippen LogP contribution in [0.25, 0.3) is 10.1 Å². The monoisotopic (exact) mass is 526 g/mol. The zero-order valence-electron chi connectivity index (χ0n) is 24.7. The summed E-state index contributed by atoms with van der Waals surface area (Å²) in [4.78, 5) is 13.1. The SMILES string of the molecule is C#C.CC.CCCN(CCC)c1nc2c(c3sc(NC)c(C(C)=NC4CCCCC4)c13)CC(C)(C)OC2. The minimum absolute atomic E-state index is 0.162. The molecule has 4 rings (SSSR count). The molecule has 0 aromatic carbocycles. The molecule has 2 aliphatic rings. The van der Waals surface area contributed by atoms with Crippen LogP contribution in [-0.2, 0) is 17.8 Å². The number of rotatable bonds is 8. The lowest BCUT2D eigenvalue weighted by atomic mass is 9.92. The van der Waals surface area contributed by atoms with E-state index in [9.17, 15) is 0 Å². The van der Waals surface area contributed by atoms with Gasteiger partial charge in [0.2, 0.25) is 0 Å². The van der Waals surface area contributed by atoms with Gasteiger partial charge in [-0.1, -0.05) is 47.0 Å². The van der Waals surface area contributed by atoms with E-state index < -0.39 is 0 Å². The van der Waals surface area contributed by atoms with Crippen molar-refractivity contribution >= 4 is 38.0 Å². The molecule has 3 heterocycles. The largest absolute Gasteiger partial charge is 0.379 e. The third kappa shape index (κ3) is 7.27. The Morgan fingerprint density at radius 3 is 2.32 bits per heavy atom. The van der Waals surface area contributed by atoms with Gasteiger partial charge in [-0.05, 0) is 52.0 Å². The van der Waals surface area contributed by atoms with E-state index in [1.807, 2.05) is 32.2 Å². The van der Waals surface area contributed by atoms with Crippen molar-refractivity contribution in [2.75, 3.05) is 30.4 Å². The van der Waals surface area contributed by atoms with E-state index in [1.54, 1.807) is 0 Å². The maximum Gasteiger partial charge on any atom is 0.138 e. The van der Waals surface area contributed by atoms with Gasteiger partial charge < -0.3 is 15.0 Å². The number of ether oxygens (including phenoxy) is 1. The van der Waals surface area contributed by atoms with Crippen LogP contribution < -0.4 is 10.2 Å². The molecule has 2 aromatic heterocycles. The Bertz CT molecular complexity index is 1040. The minimum Gasteiger partial charge on any atom is -0.379 e. The van der Waals surface area contributed by atoms with Gasteiger partial charge in [-0.25, -0.2) is 4.98 Å². The summed E-state index contributed by atoms with van der Waals surface area (Å²) in [7, 11) is 2.05. The Hall–Kier alpha value is -2.10. The number of pyridine rings is 1. The molecule has 0 amide bonds. The van der Waals surface area contributed by atoms with Crippen LogP contribution in [0.5, 0.6) is 0 Å². The maximum atomic E-state index is 6.19. The second kappa shape index (κ2) is 14.7. The molecule has 0 spiro atoms. The fourth-order valence-corrected chi connectivity index (χ4v) is 6.71. The van der Waals surface area contributed by atoms with Crippen molar-refractivity contribution in [1.29, 1.82) is 0 Å². The van der Waals surface area contributed by atoms with Crippen molar-refractivity contribution in [3.63, 3.8) is 0 Å². The van der Waals surface area contributed by atoms with Gasteiger partial charge in [0.25, 0.3) is 0 Å². The summed E-state index contributed by atoms with van der Waals surface area (Å²) in [5.41, 5.74) is 4.77. The van der Waals surface area contributed by atoms with E-state index in [1.165, 1.54) is 64.0 Å². The summed E-state index contributed by atoms with van der Waals surface area (Å²) in [5.74, 6) is 1.13. The third-order valence-electron chi connectivity index (χ3n) is 7.02. The fourth-order valence-electron chi connectivity index (χ4n) is 5.44. The second-order valence-electron chi connectivity index (χ2n) is 10.3. The van der Waals surface area contributed by atoms with Crippen LogP contribution >= 0.6 is 11.3 Å². The Balaban J connectivity index is 0.00000115. The number of hydrogen-bond acceptors (Lipinski definition) is 6. The lowest BCUT2D eigenvalue weighted by Gasteiger charge is -2.33. The number of nitrogens with one attached hydrogen (secondary N) is 1. The minimum atomic E-state index is -0.162. The summed E-state index contributed by atoms with van der Waals surface area (Å²) in [6.45, 7) is 17.7. The third-order valence-corrected chi connectivity index (χ3v) is 8.29. The zero-order chi connectivity index (χ0) is 27.6. The van der Waals surface area contributed by atoms with E-state index in [0.29, 0.717) is 12.6 Å². The topological polar surface area (TPSA) is 49.8 Å². The Kier molecular flexibility index (Phi) is 12.4. The molecule has 1 aliphatic heterocycles. The quantitative estimate of drug-likeness (QED) is 0.278. The molecule has 0 atom stereocenters. The average molecular weight is 527 g/mol. The number of nitrogens with zero attached hydrogens (tertiary/aromatic N) is 3. The van der Waals surface area contributed by atoms with Crippen molar-refractivity contribution in [2.45, 2.75) is 118 Å². The summed E-state index contributed by atoms with van der Waals surface area (Å²) >= 11 is 1.88. The highest BCUT2D eigenvalue weighted by Crippen LogP contribution is 2.46. The maximum absolute atomic E-state index is 6.19. The molecule has 1 aliphatic carbocycles. The Labute approximate surface area is 230 Å². The molecule has 2 aromatic rings. The molecule has 37 heavy (non-hydrogen) atoms. The molecule has 0 unspecified atom stereocenters. The molecule has 1 saturated carbocycles. The van der Waals surface area contributed by atoms with Crippen LogP contribution in [0, 0.1) is 12.8 Å². The number of aromatic nitrogens is 1. The fraction of sp³-hybridized carbons (Fsp3) is 0.677. The lowest BCUT2D eigenvalue weighted by Crippen LogP contribution is -2.33. The summed E-state index contributed by atoms with van der Waals surface area (Å²) in [6, 6.07) is 0.460. The van der Waals surface area contributed by atoms with Crippen molar-refractivity contribution in [3.05, 3.63) is 16.8 Å². The van der Waals surface area contributed by atoms with Crippen molar-refractivity contribution in [3.8, 4) is 12.8 Å². The Morgan fingerprint density at radius 1 is 1.14 bits per heavy atom. The lowest BCUT2D eigenvalue weighted by molar-refractivity contribution is -0.0414. The van der Waals surface area contributed by atoms with Crippen LogP contribution in [-0.4, -0.2) is 42.5 Å². The standard InChI is InChI=1S/C27H42N4OS.C2H6.C2H2/c1-7-14-31(15-8-2)25-23-22(18(3)29-19-12-10-9-11-13-19)26(28-6)33-24(23)20-16-27(4,5)32-17-21(20)30-25;2*1-2/h19,28H,7-17H2,1-6H3;1-2H3;1-2H. The molecule has 1 fully saturated rings. The van der Waals surface area contributed by atoms with Gasteiger partial charge in [-0.3, -0.25) is 4.99 Å². The zero-order valence-corrected chi connectivity index (χ0v) is 25.5. The number of aliphatic imine (C=N–C) groups is 1. The molecular weight excluding hydrogens is 476 g/mol. The van der Waals surface area contributed by atoms with E-state index in [0.717, 1.165) is 43.9 Å². The van der Waals surface area contributed by atoms with Gasteiger partial charge in [0.05, 0.1) is 28.9 Å². The second-order valence-corrected chi connectivity index (χ2v) is 11.4. The van der Waals surface area contributed by atoms with E-state index in [2.05, 4.69) is 57.7 Å². The van der Waals surface area contributed by atoms with Gasteiger partial charge in [0, 0.05) is 47.9 Å². The summed E-state index contributed by atoms with van der Waals surface area (Å²) < 4.78 is 7.57. The van der Waals surface area contributed by atoms with E-state index in [-0.39, 0.29) is 5.60 Å². The number of terminal acetylenes is 1. The highest BCUT2D eigenvalue weighted by molar-refractivity contribution is 7.23. The number of anilines is 2. The van der Waals surface area contributed by atoms with Crippen LogP contribution in [0.2, 0.25) is 0 Å². The van der Waals surface area contributed by atoms with Crippen LogP contribution in [0.3, 0.4) is 0 Å². The van der Waals surface area contributed by atoms with E-state index in [4.69, 9.17) is 14.7 Å². The number of hydrogen-bond donors (Lipinski definition) is 1. The van der Waals surface area contributed by atoms with Crippen LogP contribution in [0.1, 0.15) is 110 Å². The molecule has 206 valence electrons. The predicted octanol–water partition coefficient (Wildman–Crippen LogP) is 8.23. The smallest absolute Gasteiger partial charge is 0.138 e. The molecule has 5 nitrogen and oxygen atoms in total. The molecule has 0 saturated heterocycles. The molecule has 6 heteroatoms. The molecule has 0 bridgehead atoms. The highest BCUT2D eigenvalue weighted by Gasteiger charge is 2.33. The van der Waals surface area contributed by atoms with Crippen molar-refractivity contribution in [1.82, 2.24) is 4.98 Å². The van der Waals surface area contributed by atoms with Gasteiger partial charge in [0.1, 0.15) is 5.82 Å². The van der Waals surface area contributed by atoms with Crippen molar-refractivity contribution in [2.24, 2.45) is 4.99 Å². The number of thiophene rings is 1. The van der Waals surface area contributed by atoms with Crippen LogP contribution in [0.15, 0.2) is 4.99 Å². The number of fused-ring (bicyclic) bond motifs is 3. The molecular formula is C31H50N4OS. The normalized spacial score (nSPS) is 17.2. The predicted molar refractivity (Wildman–Crippen MR) is 165 cm³/mol. The van der Waals surface area contributed by atoms with Crippen molar-refractivity contribution < 1.29 is 4.74 Å². The van der Waals surface area contributed by atoms with Gasteiger partial charge in [-0.15, -0.1) is 24.2 Å². The molecule has 1 N–H and O–H groups in total. The average Bonchev–Trinajstić information content (AvgIpc) is 3.31. The van der Waals surface area contributed by atoms with Gasteiger partial charge in [-0.2, -0.15) is 0 Å². The highest BCUT2D eigenvalue weighted by atomic mass is 32.1. The first-order valence-electron chi connectivity index (χ1n) is 14.3. The summed E-state index contributed by atoms with van der Waals surface area (Å²) in [5, 5.41) is 6.04.